The number of halogens is 1. The fourth-order valence-electron chi connectivity index (χ4n) is 3.09. The summed E-state index contributed by atoms with van der Waals surface area (Å²) in [6.45, 7) is 1.03. The molecule has 4 rings (SSSR count). The molecule has 0 radical (unpaired) electrons. The molecule has 0 bridgehead atoms. The monoisotopic (exact) mass is 443 g/mol. The second-order valence-corrected chi connectivity index (χ2v) is 7.79. The van der Waals surface area contributed by atoms with E-state index in [1.54, 1.807) is 26.4 Å². The highest BCUT2D eigenvalue weighted by molar-refractivity contribution is 7.16. The minimum absolute atomic E-state index is 0.240. The van der Waals surface area contributed by atoms with Gasteiger partial charge in [0.05, 0.1) is 43.1 Å². The first-order valence-electron chi connectivity index (χ1n) is 9.08. The number of nitriles is 1. The van der Waals surface area contributed by atoms with Crippen molar-refractivity contribution in [2.75, 3.05) is 32.8 Å². The molecule has 0 fully saturated rings. The van der Waals surface area contributed by atoms with E-state index in [1.807, 2.05) is 18.2 Å². The Morgan fingerprint density at radius 1 is 1.13 bits per heavy atom. The molecular formula is C21H18ClN3O4S. The molecule has 0 saturated carbocycles. The van der Waals surface area contributed by atoms with Gasteiger partial charge in [0.25, 0.3) is 0 Å². The van der Waals surface area contributed by atoms with Crippen LogP contribution in [0.1, 0.15) is 4.88 Å². The van der Waals surface area contributed by atoms with Gasteiger partial charge in [0.15, 0.2) is 16.6 Å². The van der Waals surface area contributed by atoms with Crippen molar-refractivity contribution in [2.24, 2.45) is 0 Å². The van der Waals surface area contributed by atoms with Crippen LogP contribution in [-0.2, 0) is 6.42 Å². The van der Waals surface area contributed by atoms with E-state index in [1.165, 1.54) is 11.3 Å². The van der Waals surface area contributed by atoms with Gasteiger partial charge in [-0.25, -0.2) is 4.98 Å². The number of nitrogens with one attached hydrogen (secondary N) is 1. The first-order chi connectivity index (χ1) is 14.6. The number of benzene rings is 2. The zero-order valence-corrected chi connectivity index (χ0v) is 17.9. The Morgan fingerprint density at radius 3 is 2.63 bits per heavy atom. The van der Waals surface area contributed by atoms with Gasteiger partial charge in [-0.1, -0.05) is 11.6 Å². The lowest BCUT2D eigenvalue weighted by Crippen LogP contribution is -2.15. The molecule has 0 aliphatic carbocycles. The molecule has 0 saturated heterocycles. The molecule has 1 aliphatic rings. The molecule has 2 aromatic carbocycles. The van der Waals surface area contributed by atoms with Gasteiger partial charge in [-0.15, -0.1) is 11.3 Å². The predicted octanol–water partition coefficient (Wildman–Crippen LogP) is 5.06. The summed E-state index contributed by atoms with van der Waals surface area (Å²) in [4.78, 5) is 5.56. The first-order valence-corrected chi connectivity index (χ1v) is 10.3. The van der Waals surface area contributed by atoms with Crippen LogP contribution in [0.4, 0.5) is 10.8 Å². The van der Waals surface area contributed by atoms with E-state index in [4.69, 9.17) is 35.5 Å². The van der Waals surface area contributed by atoms with E-state index in [-0.39, 0.29) is 6.42 Å². The quantitative estimate of drug-likeness (QED) is 0.569. The van der Waals surface area contributed by atoms with Crippen molar-refractivity contribution >= 4 is 33.8 Å². The lowest BCUT2D eigenvalue weighted by Gasteiger charge is -2.18. The fraction of sp³-hybridized carbons (Fsp3) is 0.238. The van der Waals surface area contributed by atoms with E-state index >= 15 is 0 Å². The van der Waals surface area contributed by atoms with Crippen molar-refractivity contribution in [3.8, 4) is 40.3 Å². The number of thiazole rings is 1. The number of hydrogen-bond donors (Lipinski definition) is 1. The summed E-state index contributed by atoms with van der Waals surface area (Å²) in [7, 11) is 3.11. The van der Waals surface area contributed by atoms with Crippen LogP contribution in [0.2, 0.25) is 5.02 Å². The van der Waals surface area contributed by atoms with Gasteiger partial charge in [-0.05, 0) is 24.3 Å². The number of methoxy groups -OCH3 is 2. The van der Waals surface area contributed by atoms with Crippen molar-refractivity contribution in [2.45, 2.75) is 6.42 Å². The summed E-state index contributed by atoms with van der Waals surface area (Å²) in [5.41, 5.74) is 2.22. The lowest BCUT2D eigenvalue weighted by molar-refractivity contribution is 0.171. The summed E-state index contributed by atoms with van der Waals surface area (Å²) in [6.07, 6.45) is 0.240. The SMILES string of the molecule is COc1cc(OC)c(Nc2nc(-c3ccc4c(c3)OCCO4)c(CC#N)s2)cc1Cl. The Morgan fingerprint density at radius 2 is 1.90 bits per heavy atom. The summed E-state index contributed by atoms with van der Waals surface area (Å²) in [5.74, 6) is 2.46. The van der Waals surface area contributed by atoms with E-state index in [9.17, 15) is 5.26 Å². The molecule has 1 aromatic heterocycles. The molecule has 0 atom stereocenters. The highest BCUT2D eigenvalue weighted by Crippen LogP contribution is 2.41. The van der Waals surface area contributed by atoms with Gasteiger partial charge in [0.2, 0.25) is 0 Å². The van der Waals surface area contributed by atoms with Crippen LogP contribution in [-0.4, -0.2) is 32.4 Å². The third-order valence-corrected chi connectivity index (χ3v) is 5.73. The van der Waals surface area contributed by atoms with Gasteiger partial charge in [-0.3, -0.25) is 0 Å². The number of nitrogens with zero attached hydrogens (tertiary/aromatic N) is 2. The maximum atomic E-state index is 9.27. The van der Waals surface area contributed by atoms with Crippen LogP contribution < -0.4 is 24.3 Å². The van der Waals surface area contributed by atoms with Crippen molar-refractivity contribution in [1.29, 1.82) is 5.26 Å². The summed E-state index contributed by atoms with van der Waals surface area (Å²) in [6, 6.07) is 11.3. The Kier molecular flexibility index (Phi) is 5.84. The smallest absolute Gasteiger partial charge is 0.188 e. The minimum atomic E-state index is 0.240. The topological polar surface area (TPSA) is 85.6 Å². The Bertz CT molecular complexity index is 1130. The van der Waals surface area contributed by atoms with Crippen molar-refractivity contribution < 1.29 is 18.9 Å². The largest absolute Gasteiger partial charge is 0.495 e. The van der Waals surface area contributed by atoms with Crippen LogP contribution in [0, 0.1) is 11.3 Å². The fourth-order valence-corrected chi connectivity index (χ4v) is 4.25. The average Bonchev–Trinajstić information content (AvgIpc) is 3.16. The van der Waals surface area contributed by atoms with Gasteiger partial charge < -0.3 is 24.3 Å². The molecule has 30 heavy (non-hydrogen) atoms. The van der Waals surface area contributed by atoms with E-state index in [0.29, 0.717) is 52.1 Å². The van der Waals surface area contributed by atoms with Gasteiger partial charge in [0.1, 0.15) is 24.7 Å². The highest BCUT2D eigenvalue weighted by atomic mass is 35.5. The summed E-state index contributed by atoms with van der Waals surface area (Å²) < 4.78 is 21.9. The second-order valence-electron chi connectivity index (χ2n) is 6.30. The van der Waals surface area contributed by atoms with Crippen molar-refractivity contribution in [3.63, 3.8) is 0 Å². The molecule has 154 valence electrons. The molecule has 3 aromatic rings. The van der Waals surface area contributed by atoms with Crippen LogP contribution in [0.25, 0.3) is 11.3 Å². The number of ether oxygens (including phenoxy) is 4. The minimum Gasteiger partial charge on any atom is -0.495 e. The maximum absolute atomic E-state index is 9.27. The average molecular weight is 444 g/mol. The van der Waals surface area contributed by atoms with E-state index in [0.717, 1.165) is 16.1 Å². The zero-order chi connectivity index (χ0) is 21.1. The molecule has 0 unspecified atom stereocenters. The van der Waals surface area contributed by atoms with Gasteiger partial charge >= 0.3 is 0 Å². The lowest BCUT2D eigenvalue weighted by atomic mass is 10.1. The van der Waals surface area contributed by atoms with Crippen LogP contribution in [0.3, 0.4) is 0 Å². The molecular weight excluding hydrogens is 426 g/mol. The Balaban J connectivity index is 1.70. The Hall–Kier alpha value is -3.15. The number of anilines is 2. The molecule has 0 spiro atoms. The molecule has 2 heterocycles. The number of aromatic nitrogens is 1. The number of rotatable bonds is 6. The standard InChI is InChI=1S/C21H18ClN3O4S/c1-26-16-11-17(27-2)14(10-13(16)22)24-21-25-20(19(30-21)5-6-23)12-3-4-15-18(9-12)29-8-7-28-15/h3-4,9-11H,5,7-8H2,1-2H3,(H,24,25). The molecule has 9 heteroatoms. The Labute approximate surface area is 182 Å². The molecule has 0 amide bonds. The first kappa shape index (κ1) is 20.1. The van der Waals surface area contributed by atoms with Crippen LogP contribution >= 0.6 is 22.9 Å². The molecule has 7 nitrogen and oxygen atoms in total. The van der Waals surface area contributed by atoms with E-state index in [2.05, 4.69) is 11.4 Å². The van der Waals surface area contributed by atoms with Gasteiger partial charge in [-0.2, -0.15) is 5.26 Å². The number of fused-ring (bicyclic) bond motifs is 1. The van der Waals surface area contributed by atoms with Crippen molar-refractivity contribution in [3.05, 3.63) is 40.2 Å². The summed E-state index contributed by atoms with van der Waals surface area (Å²) in [5, 5.41) is 13.6. The molecule has 1 N–H and O–H groups in total. The predicted molar refractivity (Wildman–Crippen MR) is 116 cm³/mol. The third kappa shape index (κ3) is 3.95. The van der Waals surface area contributed by atoms with Crippen LogP contribution in [0.15, 0.2) is 30.3 Å². The van der Waals surface area contributed by atoms with Crippen LogP contribution in [0.5, 0.6) is 23.0 Å². The molecule has 1 aliphatic heterocycles. The zero-order valence-electron chi connectivity index (χ0n) is 16.3. The maximum Gasteiger partial charge on any atom is 0.188 e. The third-order valence-electron chi connectivity index (χ3n) is 4.47. The second kappa shape index (κ2) is 8.69. The highest BCUT2D eigenvalue weighted by Gasteiger charge is 2.19. The van der Waals surface area contributed by atoms with Crippen molar-refractivity contribution in [1.82, 2.24) is 4.98 Å². The number of hydrogen-bond acceptors (Lipinski definition) is 8. The van der Waals surface area contributed by atoms with E-state index < -0.39 is 0 Å². The summed E-state index contributed by atoms with van der Waals surface area (Å²) >= 11 is 7.67. The normalized spacial score (nSPS) is 12.2. The van der Waals surface area contributed by atoms with Gasteiger partial charge in [0, 0.05) is 16.5 Å².